The highest BCUT2D eigenvalue weighted by molar-refractivity contribution is 9.10. The predicted octanol–water partition coefficient (Wildman–Crippen LogP) is 5.08. The molecule has 0 bridgehead atoms. The van der Waals surface area contributed by atoms with Crippen molar-refractivity contribution in [2.75, 3.05) is 11.6 Å². The quantitative estimate of drug-likeness (QED) is 0.834. The number of pyridine rings is 1. The molecule has 1 saturated carbocycles. The zero-order valence-electron chi connectivity index (χ0n) is 11.6. The molecule has 2 aromatic rings. The molecule has 2 nitrogen and oxygen atoms in total. The van der Waals surface area contributed by atoms with Gasteiger partial charge in [0.15, 0.2) is 0 Å². The molecule has 3 rings (SSSR count). The molecule has 1 fully saturated rings. The maximum atomic E-state index is 4.54. The van der Waals surface area contributed by atoms with Crippen LogP contribution in [0.1, 0.15) is 25.7 Å². The Kier molecular flexibility index (Phi) is 4.51. The molecular weight excluding hydrogens is 332 g/mol. The second-order valence-electron chi connectivity index (χ2n) is 5.35. The number of halogens is 1. The molecule has 0 spiro atoms. The standard InChI is InChI=1S/C16H19BrN2S/c1-20-12-7-5-11(6-8-12)19-16-14-3-2-4-15(17)13(14)9-10-18-16/h2-4,9-12H,5-8H2,1H3,(H,18,19). The smallest absolute Gasteiger partial charge is 0.134 e. The Labute approximate surface area is 132 Å². The largest absolute Gasteiger partial charge is 0.367 e. The Morgan fingerprint density at radius 1 is 1.15 bits per heavy atom. The third kappa shape index (κ3) is 2.96. The number of benzene rings is 1. The molecule has 0 aliphatic heterocycles. The number of fused-ring (bicyclic) bond motifs is 1. The fourth-order valence-electron chi connectivity index (χ4n) is 2.92. The first kappa shape index (κ1) is 14.2. The monoisotopic (exact) mass is 350 g/mol. The van der Waals surface area contributed by atoms with E-state index in [1.54, 1.807) is 0 Å². The summed E-state index contributed by atoms with van der Waals surface area (Å²) in [6.45, 7) is 0. The highest BCUT2D eigenvalue weighted by atomic mass is 79.9. The summed E-state index contributed by atoms with van der Waals surface area (Å²) >= 11 is 5.62. The molecule has 4 heteroatoms. The van der Waals surface area contributed by atoms with Crippen LogP contribution in [0.4, 0.5) is 5.82 Å². The lowest BCUT2D eigenvalue weighted by Crippen LogP contribution is -2.27. The van der Waals surface area contributed by atoms with Crippen LogP contribution in [-0.2, 0) is 0 Å². The van der Waals surface area contributed by atoms with Crippen molar-refractivity contribution in [3.63, 3.8) is 0 Å². The van der Waals surface area contributed by atoms with Crippen LogP contribution in [0.15, 0.2) is 34.9 Å². The van der Waals surface area contributed by atoms with Crippen LogP contribution in [-0.4, -0.2) is 22.5 Å². The average molecular weight is 351 g/mol. The highest BCUT2D eigenvalue weighted by Crippen LogP contribution is 2.31. The van der Waals surface area contributed by atoms with Gasteiger partial charge in [0, 0.05) is 32.7 Å². The molecule has 0 atom stereocenters. The predicted molar refractivity (Wildman–Crippen MR) is 92.6 cm³/mol. The van der Waals surface area contributed by atoms with Crippen LogP contribution in [0.25, 0.3) is 10.8 Å². The van der Waals surface area contributed by atoms with Crippen LogP contribution in [0, 0.1) is 0 Å². The number of rotatable bonds is 3. The zero-order chi connectivity index (χ0) is 13.9. The Morgan fingerprint density at radius 3 is 2.70 bits per heavy atom. The van der Waals surface area contributed by atoms with Crippen molar-refractivity contribution in [1.29, 1.82) is 0 Å². The van der Waals surface area contributed by atoms with E-state index in [4.69, 9.17) is 0 Å². The Hall–Kier alpha value is -0.740. The van der Waals surface area contributed by atoms with E-state index in [-0.39, 0.29) is 0 Å². The summed E-state index contributed by atoms with van der Waals surface area (Å²) in [5, 5.41) is 6.93. The molecule has 0 amide bonds. The molecule has 20 heavy (non-hydrogen) atoms. The number of anilines is 1. The van der Waals surface area contributed by atoms with Crippen LogP contribution in [0.2, 0.25) is 0 Å². The summed E-state index contributed by atoms with van der Waals surface area (Å²) in [5.74, 6) is 1.02. The van der Waals surface area contributed by atoms with Gasteiger partial charge in [-0.1, -0.05) is 28.1 Å². The molecule has 0 radical (unpaired) electrons. The number of hydrogen-bond donors (Lipinski definition) is 1. The lowest BCUT2D eigenvalue weighted by atomic mass is 9.95. The Balaban J connectivity index is 1.80. The molecule has 106 valence electrons. The van der Waals surface area contributed by atoms with Gasteiger partial charge >= 0.3 is 0 Å². The molecule has 1 aromatic heterocycles. The van der Waals surface area contributed by atoms with Gasteiger partial charge in [-0.2, -0.15) is 11.8 Å². The number of hydrogen-bond acceptors (Lipinski definition) is 3. The van der Waals surface area contributed by atoms with Gasteiger partial charge in [-0.3, -0.25) is 0 Å². The number of thioether (sulfide) groups is 1. The molecule has 1 aliphatic carbocycles. The van der Waals surface area contributed by atoms with Gasteiger partial charge in [-0.15, -0.1) is 0 Å². The molecule has 1 heterocycles. The van der Waals surface area contributed by atoms with Gasteiger partial charge in [-0.25, -0.2) is 4.98 Å². The summed E-state index contributed by atoms with van der Waals surface area (Å²) < 4.78 is 1.13. The summed E-state index contributed by atoms with van der Waals surface area (Å²) in [5.41, 5.74) is 0. The van der Waals surface area contributed by atoms with Crippen LogP contribution in [0.5, 0.6) is 0 Å². The summed E-state index contributed by atoms with van der Waals surface area (Å²) in [6, 6.07) is 8.92. The second kappa shape index (κ2) is 6.35. The van der Waals surface area contributed by atoms with Crippen LogP contribution < -0.4 is 5.32 Å². The lowest BCUT2D eigenvalue weighted by molar-refractivity contribution is 0.472. The van der Waals surface area contributed by atoms with Crippen molar-refractivity contribution in [3.8, 4) is 0 Å². The van der Waals surface area contributed by atoms with Crippen molar-refractivity contribution >= 4 is 44.3 Å². The minimum atomic E-state index is 0.565. The molecular formula is C16H19BrN2S. The van der Waals surface area contributed by atoms with E-state index in [9.17, 15) is 0 Å². The fourth-order valence-corrected chi connectivity index (χ4v) is 4.16. The first-order chi connectivity index (χ1) is 9.78. The van der Waals surface area contributed by atoms with Crippen molar-refractivity contribution in [1.82, 2.24) is 4.98 Å². The minimum Gasteiger partial charge on any atom is -0.367 e. The average Bonchev–Trinajstić information content (AvgIpc) is 2.49. The second-order valence-corrected chi connectivity index (χ2v) is 7.34. The molecule has 1 aromatic carbocycles. The fraction of sp³-hybridized carbons (Fsp3) is 0.438. The highest BCUT2D eigenvalue weighted by Gasteiger charge is 2.21. The summed E-state index contributed by atoms with van der Waals surface area (Å²) in [4.78, 5) is 4.54. The van der Waals surface area contributed by atoms with Gasteiger partial charge in [0.2, 0.25) is 0 Å². The number of nitrogens with zero attached hydrogens (tertiary/aromatic N) is 1. The van der Waals surface area contributed by atoms with Crippen molar-refractivity contribution < 1.29 is 0 Å². The summed E-state index contributed by atoms with van der Waals surface area (Å²) in [7, 11) is 0. The third-order valence-electron chi connectivity index (χ3n) is 4.10. The third-order valence-corrected chi connectivity index (χ3v) is 5.93. The first-order valence-corrected chi connectivity index (χ1v) is 9.18. The Bertz CT molecular complexity index is 594. The molecule has 1 aliphatic rings. The van der Waals surface area contributed by atoms with E-state index in [0.717, 1.165) is 15.5 Å². The van der Waals surface area contributed by atoms with Gasteiger partial charge in [0.1, 0.15) is 5.82 Å². The van der Waals surface area contributed by atoms with Gasteiger partial charge in [-0.05, 0) is 44.1 Å². The minimum absolute atomic E-state index is 0.565. The number of aromatic nitrogens is 1. The maximum absolute atomic E-state index is 4.54. The van der Waals surface area contributed by atoms with E-state index in [1.807, 2.05) is 18.0 Å². The Morgan fingerprint density at radius 2 is 1.95 bits per heavy atom. The van der Waals surface area contributed by atoms with E-state index < -0.39 is 0 Å². The summed E-state index contributed by atoms with van der Waals surface area (Å²) in [6.07, 6.45) is 9.24. The zero-order valence-corrected chi connectivity index (χ0v) is 14.0. The van der Waals surface area contributed by atoms with E-state index in [2.05, 4.69) is 56.8 Å². The van der Waals surface area contributed by atoms with Crippen LogP contribution >= 0.6 is 27.7 Å². The van der Waals surface area contributed by atoms with Crippen LogP contribution in [0.3, 0.4) is 0 Å². The van der Waals surface area contributed by atoms with E-state index in [0.29, 0.717) is 6.04 Å². The first-order valence-electron chi connectivity index (χ1n) is 7.10. The van der Waals surface area contributed by atoms with E-state index >= 15 is 0 Å². The van der Waals surface area contributed by atoms with E-state index in [1.165, 1.54) is 36.5 Å². The van der Waals surface area contributed by atoms with Crippen molar-refractivity contribution in [3.05, 3.63) is 34.9 Å². The maximum Gasteiger partial charge on any atom is 0.134 e. The van der Waals surface area contributed by atoms with Gasteiger partial charge in [0.05, 0.1) is 0 Å². The SMILES string of the molecule is CSC1CCC(Nc2nccc3c(Br)cccc23)CC1. The number of nitrogens with one attached hydrogen (secondary N) is 1. The van der Waals surface area contributed by atoms with Gasteiger partial charge in [0.25, 0.3) is 0 Å². The normalized spacial score (nSPS) is 22.9. The van der Waals surface area contributed by atoms with Gasteiger partial charge < -0.3 is 5.32 Å². The molecule has 0 saturated heterocycles. The lowest BCUT2D eigenvalue weighted by Gasteiger charge is -2.28. The molecule has 0 unspecified atom stereocenters. The van der Waals surface area contributed by atoms with Crippen molar-refractivity contribution in [2.24, 2.45) is 0 Å². The van der Waals surface area contributed by atoms with Crippen molar-refractivity contribution in [2.45, 2.75) is 37.0 Å². The molecule has 1 N–H and O–H groups in total. The topological polar surface area (TPSA) is 24.9 Å².